The summed E-state index contributed by atoms with van der Waals surface area (Å²) in [6.07, 6.45) is -1.80. The third kappa shape index (κ3) is 2.64. The number of nitro benzene ring substituents is 1. The van der Waals surface area contributed by atoms with E-state index in [0.717, 1.165) is 4.90 Å². The molecule has 3 saturated heterocycles. The molecule has 2 bridgehead atoms. The minimum atomic E-state index is -0.693. The lowest BCUT2D eigenvalue weighted by Crippen LogP contribution is -2.45. The number of amides is 2. The number of ether oxygens (including phenoxy) is 1. The minimum Gasteiger partial charge on any atom is -0.389 e. The van der Waals surface area contributed by atoms with Crippen LogP contribution in [0.5, 0.6) is 0 Å². The van der Waals surface area contributed by atoms with E-state index in [-0.39, 0.29) is 23.3 Å². The van der Waals surface area contributed by atoms with Crippen LogP contribution in [-0.2, 0) is 19.2 Å². The van der Waals surface area contributed by atoms with Gasteiger partial charge < -0.3 is 9.57 Å². The van der Waals surface area contributed by atoms with Crippen molar-refractivity contribution < 1.29 is 28.9 Å². The number of Topliss-reactive ketones (excluding diaryl/α,β-unsaturated/α-hetero) is 1. The second-order valence-corrected chi connectivity index (χ2v) is 8.61. The number of carbonyl (C=O) groups excluding carboxylic acids is 3. The summed E-state index contributed by atoms with van der Waals surface area (Å²) in [5.74, 6) is -2.62. The van der Waals surface area contributed by atoms with E-state index < -0.39 is 41.0 Å². The van der Waals surface area contributed by atoms with Crippen molar-refractivity contribution in [3.05, 3.63) is 69.8 Å². The predicted molar refractivity (Wildman–Crippen MR) is 113 cm³/mol. The van der Waals surface area contributed by atoms with Gasteiger partial charge in [0.25, 0.3) is 5.69 Å². The second-order valence-electron chi connectivity index (χ2n) is 8.61. The first-order valence-corrected chi connectivity index (χ1v) is 10.5. The van der Waals surface area contributed by atoms with Crippen molar-refractivity contribution in [3.63, 3.8) is 0 Å². The smallest absolute Gasteiger partial charge is 0.270 e. The zero-order valence-electron chi connectivity index (χ0n) is 17.3. The van der Waals surface area contributed by atoms with Gasteiger partial charge in [0.15, 0.2) is 11.9 Å². The van der Waals surface area contributed by atoms with Crippen LogP contribution >= 0.6 is 0 Å². The van der Waals surface area contributed by atoms with Crippen LogP contribution in [0.15, 0.2) is 53.7 Å². The Balaban J connectivity index is 1.32. The fraction of sp³-hybridized carbons (Fsp3) is 0.304. The fourth-order valence-corrected chi connectivity index (χ4v) is 5.47. The first-order valence-electron chi connectivity index (χ1n) is 10.5. The Morgan fingerprint density at radius 1 is 1.00 bits per heavy atom. The topological polar surface area (TPSA) is 128 Å². The summed E-state index contributed by atoms with van der Waals surface area (Å²) in [6, 6.07) is 12.4. The van der Waals surface area contributed by atoms with Gasteiger partial charge in [0.05, 0.1) is 40.2 Å². The Bertz CT molecular complexity index is 1270. The van der Waals surface area contributed by atoms with Gasteiger partial charge in [-0.05, 0) is 31.2 Å². The molecule has 2 aromatic carbocycles. The van der Waals surface area contributed by atoms with Crippen molar-refractivity contribution in [2.75, 3.05) is 4.90 Å². The molecule has 0 unspecified atom stereocenters. The summed E-state index contributed by atoms with van der Waals surface area (Å²) in [6.45, 7) is 1.44. The molecule has 0 N–H and O–H groups in total. The molecule has 6 rings (SSSR count). The molecule has 4 heterocycles. The van der Waals surface area contributed by atoms with E-state index in [1.54, 1.807) is 36.4 Å². The quantitative estimate of drug-likeness (QED) is 0.304. The van der Waals surface area contributed by atoms with Gasteiger partial charge in [0.2, 0.25) is 11.8 Å². The van der Waals surface area contributed by atoms with Gasteiger partial charge in [-0.15, -0.1) is 0 Å². The van der Waals surface area contributed by atoms with E-state index in [0.29, 0.717) is 22.5 Å². The van der Waals surface area contributed by atoms with Gasteiger partial charge in [-0.2, -0.15) is 0 Å². The first kappa shape index (κ1) is 19.7. The lowest BCUT2D eigenvalue weighted by atomic mass is 9.71. The molecule has 4 aliphatic heterocycles. The summed E-state index contributed by atoms with van der Waals surface area (Å²) in [5.41, 5.74) is 1.83. The number of hydrogen-bond acceptors (Lipinski definition) is 8. The molecule has 4 aliphatic rings. The van der Waals surface area contributed by atoms with E-state index in [2.05, 4.69) is 5.16 Å². The van der Waals surface area contributed by atoms with Gasteiger partial charge in [0, 0.05) is 23.3 Å². The molecule has 0 spiro atoms. The number of rotatable bonds is 4. The summed E-state index contributed by atoms with van der Waals surface area (Å²) in [5, 5.41) is 15.3. The number of imide groups is 1. The number of nitrogens with zero attached hydrogens (tertiary/aromatic N) is 3. The number of anilines is 1. The average molecular weight is 447 g/mol. The highest BCUT2D eigenvalue weighted by molar-refractivity contribution is 6.23. The molecule has 166 valence electrons. The molecule has 2 amide bonds. The van der Waals surface area contributed by atoms with E-state index >= 15 is 0 Å². The van der Waals surface area contributed by atoms with Crippen LogP contribution in [0.3, 0.4) is 0 Å². The van der Waals surface area contributed by atoms with Crippen molar-refractivity contribution in [1.82, 2.24) is 0 Å². The molecule has 0 saturated carbocycles. The molecular weight excluding hydrogens is 430 g/mol. The van der Waals surface area contributed by atoms with Gasteiger partial charge >= 0.3 is 0 Å². The van der Waals surface area contributed by atoms with Crippen LogP contribution in [0.25, 0.3) is 0 Å². The monoisotopic (exact) mass is 447 g/mol. The number of oxime groups is 1. The third-order valence-electron chi connectivity index (χ3n) is 6.93. The van der Waals surface area contributed by atoms with Crippen LogP contribution in [0.2, 0.25) is 0 Å². The average Bonchev–Trinajstić information content (AvgIpc) is 3.54. The summed E-state index contributed by atoms with van der Waals surface area (Å²) < 4.78 is 6.06. The van der Waals surface area contributed by atoms with Gasteiger partial charge in [-0.25, -0.2) is 4.90 Å². The number of non-ortho nitro benzene ring substituents is 1. The van der Waals surface area contributed by atoms with E-state index in [1.807, 2.05) is 0 Å². The van der Waals surface area contributed by atoms with Crippen LogP contribution in [-0.4, -0.2) is 46.5 Å². The second kappa shape index (κ2) is 6.79. The Labute approximate surface area is 186 Å². The van der Waals surface area contributed by atoms with Crippen molar-refractivity contribution in [3.8, 4) is 0 Å². The molecule has 0 radical (unpaired) electrons. The van der Waals surface area contributed by atoms with E-state index in [4.69, 9.17) is 9.57 Å². The summed E-state index contributed by atoms with van der Waals surface area (Å²) in [4.78, 5) is 55.7. The van der Waals surface area contributed by atoms with Crippen LogP contribution < -0.4 is 4.90 Å². The molecule has 0 aliphatic carbocycles. The molecular formula is C23H17N3O7. The van der Waals surface area contributed by atoms with Crippen LogP contribution in [0.4, 0.5) is 11.4 Å². The highest BCUT2D eigenvalue weighted by Gasteiger charge is 2.72. The maximum atomic E-state index is 13.4. The Morgan fingerprint density at radius 2 is 1.70 bits per heavy atom. The van der Waals surface area contributed by atoms with Crippen molar-refractivity contribution >= 4 is 34.7 Å². The predicted octanol–water partition coefficient (Wildman–Crippen LogP) is 2.10. The summed E-state index contributed by atoms with van der Waals surface area (Å²) in [7, 11) is 0. The summed E-state index contributed by atoms with van der Waals surface area (Å²) >= 11 is 0. The van der Waals surface area contributed by atoms with Crippen molar-refractivity contribution in [2.24, 2.45) is 22.9 Å². The SMILES string of the molecule is CC(=O)c1ccc(N2C(=O)[C@@H]3[C@H]4O[C@@H]([C@@H]5C(c6cccc([N+](=O)[O-])c6)=NO[C@H]45)[C@@H]3C2=O)cc1. The number of fused-ring (bicyclic) bond motifs is 8. The third-order valence-corrected chi connectivity index (χ3v) is 6.93. The van der Waals surface area contributed by atoms with Crippen LogP contribution in [0, 0.1) is 27.9 Å². The molecule has 10 heteroatoms. The van der Waals surface area contributed by atoms with E-state index in [9.17, 15) is 24.5 Å². The largest absolute Gasteiger partial charge is 0.389 e. The van der Waals surface area contributed by atoms with Crippen LogP contribution in [0.1, 0.15) is 22.8 Å². The van der Waals surface area contributed by atoms with Gasteiger partial charge in [-0.3, -0.25) is 24.5 Å². The van der Waals surface area contributed by atoms with Crippen molar-refractivity contribution in [1.29, 1.82) is 0 Å². The number of benzene rings is 2. The standard InChI is InChI=1S/C23H17N3O7/c1-10(27)11-5-7-13(8-6-11)25-22(28)15-16(23(25)29)20-21-17(19(15)32-20)18(24-33-21)12-3-2-4-14(9-12)26(30)31/h2-9,15-17,19-21H,1H3/t15-,16+,17+,19-,20-,21+/m1/s1. The number of carbonyl (C=O) groups is 3. The Kier molecular flexibility index (Phi) is 4.06. The van der Waals surface area contributed by atoms with E-state index in [1.165, 1.54) is 19.1 Å². The fourth-order valence-electron chi connectivity index (χ4n) is 5.47. The zero-order chi connectivity index (χ0) is 23.0. The first-order chi connectivity index (χ1) is 15.9. The maximum Gasteiger partial charge on any atom is 0.270 e. The molecule has 6 atom stereocenters. The van der Waals surface area contributed by atoms with Gasteiger partial charge in [0.1, 0.15) is 6.10 Å². The Hall–Kier alpha value is -3.92. The lowest BCUT2D eigenvalue weighted by Gasteiger charge is -2.26. The normalized spacial score (nSPS) is 31.3. The van der Waals surface area contributed by atoms with Crippen molar-refractivity contribution in [2.45, 2.75) is 25.2 Å². The highest BCUT2D eigenvalue weighted by Crippen LogP contribution is 2.55. The maximum absolute atomic E-state index is 13.4. The molecule has 3 fully saturated rings. The minimum absolute atomic E-state index is 0.0760. The number of nitro groups is 1. The highest BCUT2D eigenvalue weighted by atomic mass is 16.7. The Morgan fingerprint density at radius 3 is 2.36 bits per heavy atom. The molecule has 0 aromatic heterocycles. The zero-order valence-corrected chi connectivity index (χ0v) is 17.3. The number of hydrogen-bond donors (Lipinski definition) is 0. The van der Waals surface area contributed by atoms with Gasteiger partial charge in [-0.1, -0.05) is 17.3 Å². The lowest BCUT2D eigenvalue weighted by molar-refractivity contribution is -0.384. The number of ketones is 1. The molecule has 2 aromatic rings. The molecule has 10 nitrogen and oxygen atoms in total. The molecule has 33 heavy (non-hydrogen) atoms.